The molecule has 0 aliphatic heterocycles. The highest BCUT2D eigenvalue weighted by molar-refractivity contribution is 6.30. The van der Waals surface area contributed by atoms with Gasteiger partial charge in [-0.15, -0.1) is 0 Å². The molecule has 2 aromatic carbocycles. The molecule has 0 aliphatic carbocycles. The summed E-state index contributed by atoms with van der Waals surface area (Å²) in [5, 5.41) is 0.732. The van der Waals surface area contributed by atoms with Gasteiger partial charge in [-0.25, -0.2) is 0 Å². The molecule has 0 fully saturated rings. The summed E-state index contributed by atoms with van der Waals surface area (Å²) < 4.78 is 0. The summed E-state index contributed by atoms with van der Waals surface area (Å²) in [5.74, 6) is 0. The molecule has 76 valence electrons. The van der Waals surface area contributed by atoms with E-state index in [-0.39, 0.29) is 0 Å². The minimum absolute atomic E-state index is 0.732. The topological polar surface area (TPSA) is 12.0 Å². The van der Waals surface area contributed by atoms with Crippen molar-refractivity contribution in [1.29, 1.82) is 0 Å². The molecular formula is C12H9Cl2N. The Hall–Kier alpha value is -1.18. The number of para-hydroxylation sites is 1. The van der Waals surface area contributed by atoms with Crippen molar-refractivity contribution in [3.63, 3.8) is 0 Å². The second kappa shape index (κ2) is 4.56. The lowest BCUT2D eigenvalue weighted by molar-refractivity contribution is 1.60. The molecule has 0 spiro atoms. The van der Waals surface area contributed by atoms with Crippen LogP contribution in [-0.4, -0.2) is 0 Å². The zero-order valence-electron chi connectivity index (χ0n) is 7.87. The summed E-state index contributed by atoms with van der Waals surface area (Å²) in [4.78, 5) is 2.65. The van der Waals surface area contributed by atoms with Crippen LogP contribution in [0.25, 0.3) is 11.1 Å². The zero-order valence-corrected chi connectivity index (χ0v) is 9.39. The maximum absolute atomic E-state index is 5.83. The van der Waals surface area contributed by atoms with Gasteiger partial charge in [0.25, 0.3) is 0 Å². The fraction of sp³-hybridized carbons (Fsp3) is 0. The van der Waals surface area contributed by atoms with Gasteiger partial charge in [0.15, 0.2) is 0 Å². The summed E-state index contributed by atoms with van der Waals surface area (Å²) in [6, 6.07) is 15.5. The third-order valence-corrected chi connectivity index (χ3v) is 2.64. The van der Waals surface area contributed by atoms with Crippen LogP contribution in [-0.2, 0) is 0 Å². The lowest BCUT2D eigenvalue weighted by Gasteiger charge is -2.07. The van der Waals surface area contributed by atoms with Crippen LogP contribution in [0.5, 0.6) is 0 Å². The zero-order chi connectivity index (χ0) is 10.7. The van der Waals surface area contributed by atoms with Crippen LogP contribution >= 0.6 is 23.4 Å². The van der Waals surface area contributed by atoms with Gasteiger partial charge >= 0.3 is 0 Å². The molecule has 1 nitrogen and oxygen atoms in total. The van der Waals surface area contributed by atoms with E-state index in [0.717, 1.165) is 21.8 Å². The van der Waals surface area contributed by atoms with Gasteiger partial charge in [-0.3, -0.25) is 4.84 Å². The van der Waals surface area contributed by atoms with Crippen molar-refractivity contribution in [1.82, 2.24) is 0 Å². The van der Waals surface area contributed by atoms with Crippen molar-refractivity contribution in [2.75, 3.05) is 4.84 Å². The van der Waals surface area contributed by atoms with E-state index in [1.165, 1.54) is 0 Å². The summed E-state index contributed by atoms with van der Waals surface area (Å²) in [5.41, 5.74) is 3.04. The molecule has 3 heteroatoms. The quantitative estimate of drug-likeness (QED) is 0.755. The third kappa shape index (κ3) is 2.25. The highest BCUT2D eigenvalue weighted by Crippen LogP contribution is 2.28. The van der Waals surface area contributed by atoms with Crippen LogP contribution in [0.2, 0.25) is 5.02 Å². The molecule has 0 bridgehead atoms. The maximum atomic E-state index is 5.83. The molecule has 0 radical (unpaired) electrons. The standard InChI is InChI=1S/C12H9Cl2N/c13-10-7-5-9(6-8-10)11-3-1-2-4-12(11)15-14/h1-8,15H. The molecule has 0 amide bonds. The molecule has 1 N–H and O–H groups in total. The van der Waals surface area contributed by atoms with Crippen LogP contribution in [0.1, 0.15) is 0 Å². The average molecular weight is 238 g/mol. The summed E-state index contributed by atoms with van der Waals surface area (Å²) in [6.07, 6.45) is 0. The van der Waals surface area contributed by atoms with Crippen LogP contribution in [0.4, 0.5) is 5.69 Å². The number of halogens is 2. The number of hydrogen-bond donors (Lipinski definition) is 1. The molecule has 0 aromatic heterocycles. The molecule has 0 heterocycles. The largest absolute Gasteiger partial charge is 0.298 e. The number of nitrogens with one attached hydrogen (secondary N) is 1. The molecule has 15 heavy (non-hydrogen) atoms. The number of hydrogen-bond acceptors (Lipinski definition) is 1. The van der Waals surface area contributed by atoms with E-state index in [2.05, 4.69) is 4.84 Å². The minimum Gasteiger partial charge on any atom is -0.298 e. The van der Waals surface area contributed by atoms with E-state index in [1.807, 2.05) is 48.5 Å². The molecule has 0 saturated heterocycles. The van der Waals surface area contributed by atoms with E-state index in [4.69, 9.17) is 23.4 Å². The van der Waals surface area contributed by atoms with E-state index >= 15 is 0 Å². The predicted octanol–water partition coefficient (Wildman–Crippen LogP) is 4.57. The monoisotopic (exact) mass is 237 g/mol. The van der Waals surface area contributed by atoms with Crippen molar-refractivity contribution < 1.29 is 0 Å². The summed E-state index contributed by atoms with van der Waals surface area (Å²) >= 11 is 11.5. The summed E-state index contributed by atoms with van der Waals surface area (Å²) in [7, 11) is 0. The molecule has 0 unspecified atom stereocenters. The Kier molecular flexibility index (Phi) is 3.14. The Morgan fingerprint density at radius 1 is 0.867 bits per heavy atom. The smallest absolute Gasteiger partial charge is 0.0570 e. The Bertz CT molecular complexity index is 451. The van der Waals surface area contributed by atoms with Gasteiger partial charge in [-0.2, -0.15) is 0 Å². The van der Waals surface area contributed by atoms with Gasteiger partial charge < -0.3 is 0 Å². The van der Waals surface area contributed by atoms with Crippen molar-refractivity contribution in [2.24, 2.45) is 0 Å². The highest BCUT2D eigenvalue weighted by atomic mass is 35.5. The Labute approximate surface area is 98.8 Å². The normalized spacial score (nSPS) is 10.0. The second-order valence-corrected chi connectivity index (χ2v) is 3.77. The average Bonchev–Trinajstić information content (AvgIpc) is 2.30. The first-order chi connectivity index (χ1) is 7.31. The third-order valence-electron chi connectivity index (χ3n) is 2.18. The number of anilines is 1. The van der Waals surface area contributed by atoms with Crippen molar-refractivity contribution >= 4 is 29.1 Å². The molecule has 0 saturated carbocycles. The molecular weight excluding hydrogens is 229 g/mol. The van der Waals surface area contributed by atoms with Gasteiger partial charge in [0.2, 0.25) is 0 Å². The van der Waals surface area contributed by atoms with E-state index in [1.54, 1.807) is 0 Å². The highest BCUT2D eigenvalue weighted by Gasteiger charge is 2.02. The fourth-order valence-electron chi connectivity index (χ4n) is 1.45. The number of benzene rings is 2. The summed E-state index contributed by atoms with van der Waals surface area (Å²) in [6.45, 7) is 0. The first kappa shape index (κ1) is 10.3. The Morgan fingerprint density at radius 3 is 2.20 bits per heavy atom. The minimum atomic E-state index is 0.732. The second-order valence-electron chi connectivity index (χ2n) is 3.15. The number of rotatable bonds is 2. The van der Waals surface area contributed by atoms with Gasteiger partial charge in [0.05, 0.1) is 5.69 Å². The maximum Gasteiger partial charge on any atom is 0.0570 e. The van der Waals surface area contributed by atoms with E-state index in [9.17, 15) is 0 Å². The van der Waals surface area contributed by atoms with E-state index < -0.39 is 0 Å². The van der Waals surface area contributed by atoms with Crippen LogP contribution < -0.4 is 4.84 Å². The Morgan fingerprint density at radius 2 is 1.53 bits per heavy atom. The van der Waals surface area contributed by atoms with Gasteiger partial charge in [-0.1, -0.05) is 41.9 Å². The molecule has 2 rings (SSSR count). The van der Waals surface area contributed by atoms with Crippen molar-refractivity contribution in [2.45, 2.75) is 0 Å². The van der Waals surface area contributed by atoms with Gasteiger partial charge in [0, 0.05) is 22.4 Å². The van der Waals surface area contributed by atoms with Gasteiger partial charge in [-0.05, 0) is 23.8 Å². The molecule has 2 aromatic rings. The van der Waals surface area contributed by atoms with Crippen molar-refractivity contribution in [3.05, 3.63) is 53.6 Å². The van der Waals surface area contributed by atoms with Crippen LogP contribution in [0.3, 0.4) is 0 Å². The van der Waals surface area contributed by atoms with Crippen LogP contribution in [0, 0.1) is 0 Å². The first-order valence-electron chi connectivity index (χ1n) is 4.53. The fourth-order valence-corrected chi connectivity index (χ4v) is 1.74. The lowest BCUT2D eigenvalue weighted by Crippen LogP contribution is -1.85. The van der Waals surface area contributed by atoms with Crippen LogP contribution in [0.15, 0.2) is 48.5 Å². The van der Waals surface area contributed by atoms with Gasteiger partial charge in [0.1, 0.15) is 0 Å². The molecule has 0 atom stereocenters. The Balaban J connectivity index is 2.49. The first-order valence-corrected chi connectivity index (χ1v) is 5.28. The van der Waals surface area contributed by atoms with Crippen molar-refractivity contribution in [3.8, 4) is 11.1 Å². The predicted molar refractivity (Wildman–Crippen MR) is 66.4 cm³/mol. The SMILES string of the molecule is ClNc1ccccc1-c1ccc(Cl)cc1. The van der Waals surface area contributed by atoms with E-state index in [0.29, 0.717) is 0 Å². The molecule has 0 aliphatic rings. The lowest BCUT2D eigenvalue weighted by atomic mass is 10.0.